The van der Waals surface area contributed by atoms with Gasteiger partial charge in [0.05, 0.1) is 52.9 Å². The Morgan fingerprint density at radius 2 is 1.00 bits per heavy atom. The fraction of sp³-hybridized carbons (Fsp3) is 0.909. The van der Waals surface area contributed by atoms with Gasteiger partial charge in [-0.25, -0.2) is 0 Å². The molecule has 5 heteroatoms. The third kappa shape index (κ3) is 23.5. The van der Waals surface area contributed by atoms with E-state index in [1.54, 1.807) is 0 Å². The summed E-state index contributed by atoms with van der Waals surface area (Å²) in [5.41, 5.74) is 0. The highest BCUT2D eigenvalue weighted by Crippen LogP contribution is 1.80. The minimum absolute atomic E-state index is 0.0413. The zero-order chi connectivity index (χ0) is 12.5. The first-order valence-electron chi connectivity index (χ1n) is 5.57. The first-order valence-corrected chi connectivity index (χ1v) is 5.57. The van der Waals surface area contributed by atoms with Gasteiger partial charge in [0.1, 0.15) is 0 Å². The van der Waals surface area contributed by atoms with Gasteiger partial charge in [0.25, 0.3) is 0 Å². The highest BCUT2D eigenvalue weighted by atomic mass is 16.5. The van der Waals surface area contributed by atoms with E-state index < -0.39 is 0 Å². The Morgan fingerprint density at radius 3 is 1.25 bits per heavy atom. The monoisotopic (exact) mass is 237 g/mol. The van der Waals surface area contributed by atoms with E-state index >= 15 is 0 Å². The molecule has 16 heavy (non-hydrogen) atoms. The number of hydrogen-bond donors (Lipinski definition) is 2. The van der Waals surface area contributed by atoms with Gasteiger partial charge >= 0.3 is 0 Å². The van der Waals surface area contributed by atoms with Crippen LogP contribution in [0.3, 0.4) is 0 Å². The molecule has 0 aromatic carbocycles. The molecule has 0 spiro atoms. The number of hydrogen-bond acceptors (Lipinski definition) is 5. The Balaban J connectivity index is 0. The summed E-state index contributed by atoms with van der Waals surface area (Å²) in [5, 5.41) is 16.7. The van der Waals surface area contributed by atoms with E-state index in [1.807, 2.05) is 6.92 Å². The van der Waals surface area contributed by atoms with Gasteiger partial charge in [-0.1, -0.05) is 20.3 Å². The summed E-state index contributed by atoms with van der Waals surface area (Å²) in [7, 11) is 0. The zero-order valence-corrected chi connectivity index (χ0v) is 10.2. The summed E-state index contributed by atoms with van der Waals surface area (Å²) >= 11 is 0. The maximum absolute atomic E-state index is 8.36. The van der Waals surface area contributed by atoms with E-state index in [2.05, 4.69) is 6.92 Å². The van der Waals surface area contributed by atoms with E-state index in [4.69, 9.17) is 24.4 Å². The van der Waals surface area contributed by atoms with Gasteiger partial charge in [-0.2, -0.15) is 0 Å². The Kier molecular flexibility index (Phi) is 23.0. The molecule has 1 radical (unpaired) electrons. The third-order valence-corrected chi connectivity index (χ3v) is 1.22. The van der Waals surface area contributed by atoms with Crippen LogP contribution in [0.15, 0.2) is 0 Å². The number of ether oxygens (including phenoxy) is 3. The summed E-state index contributed by atoms with van der Waals surface area (Å²) in [6.45, 7) is 8.26. The lowest BCUT2D eigenvalue weighted by atomic mass is 10.6. The normalized spacial score (nSPS) is 9.75. The molecule has 0 aromatic heterocycles. The largest absolute Gasteiger partial charge is 0.394 e. The molecule has 0 aliphatic heterocycles. The minimum atomic E-state index is 0.0413. The molecule has 0 atom stereocenters. The summed E-state index contributed by atoms with van der Waals surface area (Å²) in [6.07, 6.45) is 1.00. The van der Waals surface area contributed by atoms with Crippen LogP contribution in [0, 0.1) is 6.92 Å². The summed E-state index contributed by atoms with van der Waals surface area (Å²) in [6, 6.07) is 0. The predicted molar refractivity (Wildman–Crippen MR) is 62.3 cm³/mol. The predicted octanol–water partition coefficient (Wildman–Crippen LogP) is 0.251. The van der Waals surface area contributed by atoms with E-state index in [0.717, 1.165) is 6.42 Å². The molecule has 0 heterocycles. The molecule has 5 nitrogen and oxygen atoms in total. The highest BCUT2D eigenvalue weighted by molar-refractivity contribution is 4.33. The van der Waals surface area contributed by atoms with Crippen LogP contribution in [0.5, 0.6) is 0 Å². The molecule has 0 fully saturated rings. The summed E-state index contributed by atoms with van der Waals surface area (Å²) in [5.74, 6) is 0. The minimum Gasteiger partial charge on any atom is -0.394 e. The molecule has 0 saturated heterocycles. The zero-order valence-electron chi connectivity index (χ0n) is 10.2. The second-order valence-corrected chi connectivity index (χ2v) is 2.78. The summed E-state index contributed by atoms with van der Waals surface area (Å²) in [4.78, 5) is 0. The van der Waals surface area contributed by atoms with Gasteiger partial charge in [-0.15, -0.1) is 0 Å². The van der Waals surface area contributed by atoms with Crippen molar-refractivity contribution in [1.82, 2.24) is 0 Å². The lowest BCUT2D eigenvalue weighted by Crippen LogP contribution is -2.11. The Bertz CT molecular complexity index is 90.4. The quantitative estimate of drug-likeness (QED) is 0.533. The van der Waals surface area contributed by atoms with Crippen molar-refractivity contribution < 1.29 is 24.4 Å². The molecule has 0 rings (SSSR count). The molecule has 0 amide bonds. The van der Waals surface area contributed by atoms with Gasteiger partial charge < -0.3 is 24.4 Å². The molecule has 0 bridgehead atoms. The van der Waals surface area contributed by atoms with Crippen LogP contribution in [-0.2, 0) is 14.2 Å². The van der Waals surface area contributed by atoms with E-state index in [0.29, 0.717) is 39.6 Å². The Labute approximate surface area is 98.3 Å². The first kappa shape index (κ1) is 18.2. The SMILES string of the molecule is OCCOCCOCCOCCO.[CH2]CC. The standard InChI is InChI=1S/C8H18O5.C3H7/c9-1-3-11-5-7-13-8-6-12-4-2-10;1-3-2/h9-10H,1-8H2;1,3H2,2H3. The van der Waals surface area contributed by atoms with E-state index in [1.165, 1.54) is 0 Å². The van der Waals surface area contributed by atoms with Crippen molar-refractivity contribution in [2.24, 2.45) is 0 Å². The molecule has 0 aromatic rings. The van der Waals surface area contributed by atoms with Gasteiger partial charge in [-0.05, 0) is 0 Å². The van der Waals surface area contributed by atoms with E-state index in [-0.39, 0.29) is 13.2 Å². The van der Waals surface area contributed by atoms with Gasteiger partial charge in [0.2, 0.25) is 0 Å². The van der Waals surface area contributed by atoms with Crippen LogP contribution in [-0.4, -0.2) is 63.1 Å². The second-order valence-electron chi connectivity index (χ2n) is 2.78. The van der Waals surface area contributed by atoms with Crippen LogP contribution in [0.1, 0.15) is 13.3 Å². The van der Waals surface area contributed by atoms with Gasteiger partial charge in [0, 0.05) is 0 Å². The van der Waals surface area contributed by atoms with Crippen molar-refractivity contribution in [3.05, 3.63) is 6.92 Å². The number of aliphatic hydroxyl groups is 2. The topological polar surface area (TPSA) is 68.2 Å². The summed E-state index contributed by atoms with van der Waals surface area (Å²) < 4.78 is 15.0. The second kappa shape index (κ2) is 20.2. The van der Waals surface area contributed by atoms with Crippen LogP contribution in [0.25, 0.3) is 0 Å². The van der Waals surface area contributed by atoms with Crippen LogP contribution in [0.2, 0.25) is 0 Å². The van der Waals surface area contributed by atoms with Crippen molar-refractivity contribution in [1.29, 1.82) is 0 Å². The molecule has 0 saturated carbocycles. The average Bonchev–Trinajstić information content (AvgIpc) is 2.28. The maximum atomic E-state index is 8.36. The van der Waals surface area contributed by atoms with Crippen molar-refractivity contribution in [2.45, 2.75) is 13.3 Å². The van der Waals surface area contributed by atoms with Gasteiger partial charge in [0.15, 0.2) is 0 Å². The fourth-order valence-electron chi connectivity index (χ4n) is 0.671. The van der Waals surface area contributed by atoms with Crippen molar-refractivity contribution in [3.8, 4) is 0 Å². The smallest absolute Gasteiger partial charge is 0.0701 e. The van der Waals surface area contributed by atoms with Crippen LogP contribution in [0.4, 0.5) is 0 Å². The molecule has 0 unspecified atom stereocenters. The Hall–Kier alpha value is -0.200. The fourth-order valence-corrected chi connectivity index (χ4v) is 0.671. The Morgan fingerprint density at radius 1 is 0.750 bits per heavy atom. The van der Waals surface area contributed by atoms with Crippen LogP contribution >= 0.6 is 0 Å². The lowest BCUT2D eigenvalue weighted by Gasteiger charge is -2.04. The third-order valence-electron chi connectivity index (χ3n) is 1.22. The average molecular weight is 237 g/mol. The molecule has 0 aliphatic carbocycles. The highest BCUT2D eigenvalue weighted by Gasteiger charge is 1.89. The first-order chi connectivity index (χ1) is 7.83. The van der Waals surface area contributed by atoms with Crippen molar-refractivity contribution in [2.75, 3.05) is 52.9 Å². The molecular formula is C11H25O5. The van der Waals surface area contributed by atoms with E-state index in [9.17, 15) is 0 Å². The maximum Gasteiger partial charge on any atom is 0.0701 e. The molecule has 99 valence electrons. The van der Waals surface area contributed by atoms with Crippen molar-refractivity contribution >= 4 is 0 Å². The van der Waals surface area contributed by atoms with Crippen LogP contribution < -0.4 is 0 Å². The van der Waals surface area contributed by atoms with Crippen molar-refractivity contribution in [3.63, 3.8) is 0 Å². The van der Waals surface area contributed by atoms with Gasteiger partial charge in [-0.3, -0.25) is 0 Å². The molecule has 2 N–H and O–H groups in total. The molecular weight excluding hydrogens is 212 g/mol. The lowest BCUT2D eigenvalue weighted by molar-refractivity contribution is 0.00230. The number of rotatable bonds is 10. The number of aliphatic hydroxyl groups excluding tert-OH is 2. The molecule has 0 aliphatic rings.